The van der Waals surface area contributed by atoms with Crippen LogP contribution in [-0.4, -0.2) is 49.1 Å². The third kappa shape index (κ3) is 5.47. The Kier molecular flexibility index (Phi) is 8.44. The lowest BCUT2D eigenvalue weighted by Gasteiger charge is -2.24. The second kappa shape index (κ2) is 10.6. The number of anilines is 1. The summed E-state index contributed by atoms with van der Waals surface area (Å²) in [6, 6.07) is 13.5. The summed E-state index contributed by atoms with van der Waals surface area (Å²) >= 11 is 1.52. The van der Waals surface area contributed by atoms with Crippen LogP contribution in [0.2, 0.25) is 0 Å². The summed E-state index contributed by atoms with van der Waals surface area (Å²) in [5, 5.41) is 0.723. The summed E-state index contributed by atoms with van der Waals surface area (Å²) in [7, 11) is 1.65. The van der Waals surface area contributed by atoms with Gasteiger partial charge in [-0.2, -0.15) is 0 Å². The quantitative estimate of drug-likeness (QED) is 0.500. The molecule has 3 rings (SSSR count). The van der Waals surface area contributed by atoms with Crippen molar-refractivity contribution < 1.29 is 9.53 Å². The molecule has 0 aliphatic carbocycles. The Labute approximate surface area is 182 Å². The van der Waals surface area contributed by atoms with Gasteiger partial charge in [0.1, 0.15) is 5.75 Å². The van der Waals surface area contributed by atoms with Crippen molar-refractivity contribution in [1.82, 2.24) is 9.88 Å². The van der Waals surface area contributed by atoms with Gasteiger partial charge in [0.25, 0.3) is 5.91 Å². The minimum absolute atomic E-state index is 0. The number of nitrogens with zero attached hydrogens (tertiary/aromatic N) is 3. The molecule has 1 heterocycles. The van der Waals surface area contributed by atoms with Gasteiger partial charge in [-0.3, -0.25) is 9.69 Å². The van der Waals surface area contributed by atoms with Gasteiger partial charge in [-0.15, -0.1) is 12.4 Å². The molecule has 7 heteroatoms. The minimum Gasteiger partial charge on any atom is -0.497 e. The lowest BCUT2D eigenvalue weighted by atomic mass is 10.1. The molecule has 29 heavy (non-hydrogen) atoms. The maximum Gasteiger partial charge on any atom is 0.260 e. The van der Waals surface area contributed by atoms with E-state index in [1.807, 2.05) is 49.4 Å². The number of hydrogen-bond donors (Lipinski definition) is 0. The van der Waals surface area contributed by atoms with Crippen molar-refractivity contribution in [3.8, 4) is 5.75 Å². The third-order valence-corrected chi connectivity index (χ3v) is 5.93. The minimum atomic E-state index is -0.0156. The topological polar surface area (TPSA) is 45.7 Å². The zero-order valence-electron chi connectivity index (χ0n) is 17.3. The molecule has 156 valence electrons. The maximum atomic E-state index is 13.3. The van der Waals surface area contributed by atoms with Gasteiger partial charge in [0.15, 0.2) is 5.13 Å². The van der Waals surface area contributed by atoms with E-state index in [1.54, 1.807) is 12.0 Å². The van der Waals surface area contributed by atoms with E-state index in [9.17, 15) is 4.79 Å². The number of aromatic nitrogens is 1. The first-order valence-corrected chi connectivity index (χ1v) is 10.4. The van der Waals surface area contributed by atoms with Crippen molar-refractivity contribution in [2.45, 2.75) is 20.8 Å². The molecule has 0 fully saturated rings. The average molecular weight is 434 g/mol. The van der Waals surface area contributed by atoms with Crippen LogP contribution in [0.4, 0.5) is 5.13 Å². The Morgan fingerprint density at radius 2 is 1.76 bits per heavy atom. The molecule has 2 aromatic carbocycles. The van der Waals surface area contributed by atoms with E-state index < -0.39 is 0 Å². The molecule has 0 radical (unpaired) electrons. The summed E-state index contributed by atoms with van der Waals surface area (Å²) in [5.74, 6) is 0.778. The Morgan fingerprint density at radius 1 is 1.07 bits per heavy atom. The van der Waals surface area contributed by atoms with E-state index in [0.29, 0.717) is 12.1 Å². The Bertz CT molecular complexity index is 939. The molecular weight excluding hydrogens is 406 g/mol. The number of carbonyl (C=O) groups excluding carboxylic acids is 1. The highest BCUT2D eigenvalue weighted by molar-refractivity contribution is 7.22. The number of ether oxygens (including phenoxy) is 1. The largest absolute Gasteiger partial charge is 0.497 e. The number of rotatable bonds is 8. The fourth-order valence-electron chi connectivity index (χ4n) is 3.05. The first-order chi connectivity index (χ1) is 13.5. The van der Waals surface area contributed by atoms with Crippen molar-refractivity contribution >= 4 is 45.0 Å². The lowest BCUT2D eigenvalue weighted by molar-refractivity contribution is 0.0984. The number of halogens is 1. The number of hydrogen-bond acceptors (Lipinski definition) is 5. The smallest absolute Gasteiger partial charge is 0.260 e. The molecule has 1 aromatic heterocycles. The Balaban J connectivity index is 0.00000300. The zero-order valence-corrected chi connectivity index (χ0v) is 19.0. The van der Waals surface area contributed by atoms with Crippen molar-refractivity contribution in [3.63, 3.8) is 0 Å². The number of benzene rings is 2. The van der Waals surface area contributed by atoms with Gasteiger partial charge in [0.05, 0.1) is 17.3 Å². The lowest BCUT2D eigenvalue weighted by Crippen LogP contribution is -2.38. The van der Waals surface area contributed by atoms with E-state index in [2.05, 4.69) is 18.7 Å². The van der Waals surface area contributed by atoms with E-state index in [-0.39, 0.29) is 18.3 Å². The van der Waals surface area contributed by atoms with Crippen LogP contribution in [0, 0.1) is 6.92 Å². The number of thiazole rings is 1. The Morgan fingerprint density at radius 3 is 2.38 bits per heavy atom. The summed E-state index contributed by atoms with van der Waals surface area (Å²) in [4.78, 5) is 22.1. The van der Waals surface area contributed by atoms with Gasteiger partial charge >= 0.3 is 0 Å². The molecule has 3 aromatic rings. The summed E-state index contributed by atoms with van der Waals surface area (Å²) in [6.07, 6.45) is 0. The summed E-state index contributed by atoms with van der Waals surface area (Å²) in [6.45, 7) is 9.63. The van der Waals surface area contributed by atoms with E-state index in [4.69, 9.17) is 9.72 Å². The fraction of sp³-hybridized carbons (Fsp3) is 0.364. The number of amides is 1. The number of aryl methyl sites for hydroxylation is 1. The zero-order chi connectivity index (χ0) is 20.1. The molecule has 0 aliphatic heterocycles. The van der Waals surface area contributed by atoms with Gasteiger partial charge in [-0.05, 0) is 50.3 Å². The van der Waals surface area contributed by atoms with Crippen LogP contribution >= 0.6 is 23.7 Å². The second-order valence-corrected chi connectivity index (χ2v) is 7.69. The highest BCUT2D eigenvalue weighted by Gasteiger charge is 2.22. The van der Waals surface area contributed by atoms with E-state index in [1.165, 1.54) is 11.3 Å². The summed E-state index contributed by atoms with van der Waals surface area (Å²) in [5.41, 5.74) is 2.70. The van der Waals surface area contributed by atoms with E-state index in [0.717, 1.165) is 46.3 Å². The molecule has 5 nitrogen and oxygen atoms in total. The second-order valence-electron chi connectivity index (χ2n) is 6.68. The Hall–Kier alpha value is -2.15. The standard InChI is InChI=1S/C22H27N3O2S.ClH/c1-5-24(6-2)13-14-25(21(26)17-9-7-16(3)8-10-17)22-23-19-12-11-18(27-4)15-20(19)28-22;/h7-12,15H,5-6,13-14H2,1-4H3;1H. The van der Waals surface area contributed by atoms with Crippen molar-refractivity contribution in [1.29, 1.82) is 0 Å². The third-order valence-electron chi connectivity index (χ3n) is 4.89. The molecule has 0 saturated carbocycles. The van der Waals surface area contributed by atoms with Gasteiger partial charge in [0.2, 0.25) is 0 Å². The van der Waals surface area contributed by atoms with Crippen molar-refractivity contribution in [2.75, 3.05) is 38.2 Å². The van der Waals surface area contributed by atoms with Crippen LogP contribution < -0.4 is 9.64 Å². The van der Waals surface area contributed by atoms with Crippen LogP contribution in [0.3, 0.4) is 0 Å². The molecule has 0 spiro atoms. The van der Waals surface area contributed by atoms with Gasteiger partial charge in [-0.25, -0.2) is 4.98 Å². The van der Waals surface area contributed by atoms with Gasteiger partial charge < -0.3 is 9.64 Å². The van der Waals surface area contributed by atoms with Crippen molar-refractivity contribution in [3.05, 3.63) is 53.6 Å². The molecule has 1 amide bonds. The monoisotopic (exact) mass is 433 g/mol. The first kappa shape index (κ1) is 23.1. The molecule has 0 N–H and O–H groups in total. The maximum absolute atomic E-state index is 13.3. The van der Waals surface area contributed by atoms with Crippen LogP contribution in [0.15, 0.2) is 42.5 Å². The highest BCUT2D eigenvalue weighted by atomic mass is 35.5. The fourth-order valence-corrected chi connectivity index (χ4v) is 4.07. The van der Waals surface area contributed by atoms with E-state index >= 15 is 0 Å². The number of methoxy groups -OCH3 is 1. The highest BCUT2D eigenvalue weighted by Crippen LogP contribution is 2.32. The first-order valence-electron chi connectivity index (χ1n) is 9.61. The molecule has 0 saturated heterocycles. The van der Waals surface area contributed by atoms with Crippen LogP contribution in [0.1, 0.15) is 29.8 Å². The SMILES string of the molecule is CCN(CC)CCN(C(=O)c1ccc(C)cc1)c1nc2ccc(OC)cc2s1.Cl. The predicted octanol–water partition coefficient (Wildman–Crippen LogP) is 5.02. The normalized spacial score (nSPS) is 10.8. The molecule has 0 aliphatic rings. The molecular formula is C22H28ClN3O2S. The number of carbonyl (C=O) groups is 1. The van der Waals surface area contributed by atoms with Gasteiger partial charge in [0, 0.05) is 18.7 Å². The summed E-state index contributed by atoms with van der Waals surface area (Å²) < 4.78 is 6.33. The molecule has 0 unspecified atom stereocenters. The van der Waals surface area contributed by atoms with Crippen LogP contribution in [0.25, 0.3) is 10.2 Å². The van der Waals surface area contributed by atoms with Crippen LogP contribution in [0.5, 0.6) is 5.75 Å². The molecule has 0 atom stereocenters. The molecule has 0 bridgehead atoms. The number of fused-ring (bicyclic) bond motifs is 1. The average Bonchev–Trinajstić information content (AvgIpc) is 3.14. The van der Waals surface area contributed by atoms with Crippen molar-refractivity contribution in [2.24, 2.45) is 0 Å². The predicted molar refractivity (Wildman–Crippen MR) is 124 cm³/mol. The number of likely N-dealkylation sites (N-methyl/N-ethyl adjacent to an activating group) is 1. The van der Waals surface area contributed by atoms with Crippen LogP contribution in [-0.2, 0) is 0 Å². The van der Waals surface area contributed by atoms with Gasteiger partial charge in [-0.1, -0.05) is 42.9 Å².